The third-order valence-corrected chi connectivity index (χ3v) is 4.61. The maximum absolute atomic E-state index is 11.9. The average Bonchev–Trinajstić information content (AvgIpc) is 3.08. The summed E-state index contributed by atoms with van der Waals surface area (Å²) >= 11 is 0. The van der Waals surface area contributed by atoms with Crippen LogP contribution in [0.1, 0.15) is 38.2 Å². The lowest BCUT2D eigenvalue weighted by atomic mass is 9.86. The molecule has 0 bridgehead atoms. The molecule has 1 aromatic carbocycles. The van der Waals surface area contributed by atoms with E-state index in [2.05, 4.69) is 12.2 Å². The van der Waals surface area contributed by atoms with E-state index >= 15 is 0 Å². The summed E-state index contributed by atoms with van der Waals surface area (Å²) in [5, 5.41) is 2.96. The smallest absolute Gasteiger partial charge is 0.331 e. The van der Waals surface area contributed by atoms with Crippen LogP contribution in [0.2, 0.25) is 0 Å². The highest BCUT2D eigenvalue weighted by atomic mass is 16.7. The summed E-state index contributed by atoms with van der Waals surface area (Å²) in [5.41, 5.74) is 0.793. The van der Waals surface area contributed by atoms with Gasteiger partial charge >= 0.3 is 5.97 Å². The van der Waals surface area contributed by atoms with E-state index in [1.54, 1.807) is 18.2 Å². The largest absolute Gasteiger partial charge is 0.454 e. The van der Waals surface area contributed by atoms with E-state index in [4.69, 9.17) is 14.2 Å². The van der Waals surface area contributed by atoms with Crippen molar-refractivity contribution in [2.45, 2.75) is 38.6 Å². The predicted molar refractivity (Wildman–Crippen MR) is 92.1 cm³/mol. The van der Waals surface area contributed by atoms with E-state index in [0.717, 1.165) is 24.8 Å². The molecule has 0 spiro atoms. The molecule has 1 saturated carbocycles. The van der Waals surface area contributed by atoms with Crippen LogP contribution in [0.25, 0.3) is 6.08 Å². The van der Waals surface area contributed by atoms with Crippen molar-refractivity contribution in [2.24, 2.45) is 5.92 Å². The molecule has 3 rings (SSSR count). The van der Waals surface area contributed by atoms with Crippen LogP contribution in [0.3, 0.4) is 0 Å². The zero-order valence-electron chi connectivity index (χ0n) is 14.3. The second-order valence-electron chi connectivity index (χ2n) is 6.49. The van der Waals surface area contributed by atoms with E-state index in [-0.39, 0.29) is 25.3 Å². The maximum atomic E-state index is 11.9. The van der Waals surface area contributed by atoms with Gasteiger partial charge in [-0.25, -0.2) is 4.79 Å². The Morgan fingerprint density at radius 3 is 2.88 bits per heavy atom. The van der Waals surface area contributed by atoms with Gasteiger partial charge in [0.1, 0.15) is 0 Å². The number of amides is 1. The number of hydrogen-bond acceptors (Lipinski definition) is 5. The SMILES string of the molecule is C[C@H]1CCCC[C@@H]1NC(=O)COC(=O)/C=C/c1ccc2c(c1)OCO2. The summed E-state index contributed by atoms with van der Waals surface area (Å²) in [6.45, 7) is 2.09. The molecule has 1 aliphatic carbocycles. The van der Waals surface area contributed by atoms with Crippen LogP contribution >= 0.6 is 0 Å². The van der Waals surface area contributed by atoms with Crippen LogP contribution < -0.4 is 14.8 Å². The average molecular weight is 345 g/mol. The molecule has 0 saturated heterocycles. The second kappa shape index (κ2) is 8.05. The minimum atomic E-state index is -0.551. The topological polar surface area (TPSA) is 73.9 Å². The fourth-order valence-electron chi connectivity index (χ4n) is 3.14. The Kier molecular flexibility index (Phi) is 5.58. The van der Waals surface area contributed by atoms with Gasteiger partial charge in [0.15, 0.2) is 18.1 Å². The maximum Gasteiger partial charge on any atom is 0.331 e. The fraction of sp³-hybridized carbons (Fsp3) is 0.474. The number of benzene rings is 1. The van der Waals surface area contributed by atoms with Crippen molar-refractivity contribution < 1.29 is 23.8 Å². The molecular formula is C19H23NO5. The number of ether oxygens (including phenoxy) is 3. The standard InChI is InChI=1S/C19H23NO5/c1-13-4-2-3-5-15(13)20-18(21)11-23-19(22)9-7-14-6-8-16-17(10-14)25-12-24-16/h6-10,13,15H,2-5,11-12H2,1H3,(H,20,21)/b9-7+/t13-,15-/m0/s1. The van der Waals surface area contributed by atoms with Crippen molar-refractivity contribution in [3.8, 4) is 11.5 Å². The number of carbonyl (C=O) groups is 2. The Labute approximate surface area is 147 Å². The van der Waals surface area contributed by atoms with Crippen molar-refractivity contribution in [1.29, 1.82) is 0 Å². The summed E-state index contributed by atoms with van der Waals surface area (Å²) < 4.78 is 15.5. The van der Waals surface area contributed by atoms with E-state index < -0.39 is 5.97 Å². The van der Waals surface area contributed by atoms with Gasteiger partial charge in [0.2, 0.25) is 6.79 Å². The number of rotatable bonds is 5. The monoisotopic (exact) mass is 345 g/mol. The number of esters is 1. The first-order valence-electron chi connectivity index (χ1n) is 8.65. The van der Waals surface area contributed by atoms with Crippen molar-refractivity contribution in [3.05, 3.63) is 29.8 Å². The molecule has 1 aromatic rings. The number of nitrogens with one attached hydrogen (secondary N) is 1. The van der Waals surface area contributed by atoms with Crippen LogP contribution in [0.4, 0.5) is 0 Å². The molecule has 1 heterocycles. The number of hydrogen-bond donors (Lipinski definition) is 1. The number of carbonyl (C=O) groups excluding carboxylic acids is 2. The first-order valence-corrected chi connectivity index (χ1v) is 8.65. The zero-order valence-corrected chi connectivity index (χ0v) is 14.3. The van der Waals surface area contributed by atoms with Crippen molar-refractivity contribution in [3.63, 3.8) is 0 Å². The molecule has 2 aliphatic rings. The van der Waals surface area contributed by atoms with Gasteiger partial charge in [-0.05, 0) is 42.5 Å². The van der Waals surface area contributed by atoms with Gasteiger partial charge in [0.25, 0.3) is 5.91 Å². The minimum absolute atomic E-state index is 0.184. The van der Waals surface area contributed by atoms with Gasteiger partial charge in [-0.15, -0.1) is 0 Å². The second-order valence-corrected chi connectivity index (χ2v) is 6.49. The summed E-state index contributed by atoms with van der Waals surface area (Å²) in [5.74, 6) is 1.01. The Morgan fingerprint density at radius 1 is 1.24 bits per heavy atom. The van der Waals surface area contributed by atoms with Crippen molar-refractivity contribution in [1.82, 2.24) is 5.32 Å². The molecule has 134 valence electrons. The molecule has 1 aliphatic heterocycles. The van der Waals surface area contributed by atoms with Gasteiger partial charge in [0, 0.05) is 12.1 Å². The molecule has 0 radical (unpaired) electrons. The Balaban J connectivity index is 1.43. The molecule has 1 fully saturated rings. The number of fused-ring (bicyclic) bond motifs is 1. The normalized spacial score (nSPS) is 22.0. The fourth-order valence-corrected chi connectivity index (χ4v) is 3.14. The first kappa shape index (κ1) is 17.3. The van der Waals surface area contributed by atoms with Crippen molar-refractivity contribution >= 4 is 18.0 Å². The Morgan fingerprint density at radius 2 is 2.04 bits per heavy atom. The lowest BCUT2D eigenvalue weighted by Crippen LogP contribution is -2.42. The van der Waals surface area contributed by atoms with E-state index in [1.807, 2.05) is 6.07 Å². The summed E-state index contributed by atoms with van der Waals surface area (Å²) in [7, 11) is 0. The molecule has 2 atom stereocenters. The molecule has 0 unspecified atom stereocenters. The highest BCUT2D eigenvalue weighted by molar-refractivity contribution is 5.89. The quantitative estimate of drug-likeness (QED) is 0.656. The van der Waals surface area contributed by atoms with Crippen LogP contribution in [0.15, 0.2) is 24.3 Å². The van der Waals surface area contributed by atoms with Crippen molar-refractivity contribution in [2.75, 3.05) is 13.4 Å². The minimum Gasteiger partial charge on any atom is -0.454 e. The highest BCUT2D eigenvalue weighted by Gasteiger charge is 2.23. The highest BCUT2D eigenvalue weighted by Crippen LogP contribution is 2.32. The Hall–Kier alpha value is -2.50. The van der Waals surface area contributed by atoms with Gasteiger partial charge in [-0.2, -0.15) is 0 Å². The molecule has 1 N–H and O–H groups in total. The molecular weight excluding hydrogens is 322 g/mol. The summed E-state index contributed by atoms with van der Waals surface area (Å²) in [6.07, 6.45) is 7.38. The molecule has 6 nitrogen and oxygen atoms in total. The van der Waals surface area contributed by atoms with E-state index in [0.29, 0.717) is 17.4 Å². The third-order valence-electron chi connectivity index (χ3n) is 4.61. The van der Waals surface area contributed by atoms with Gasteiger partial charge < -0.3 is 19.5 Å². The van der Waals surface area contributed by atoms with Gasteiger partial charge in [0.05, 0.1) is 0 Å². The predicted octanol–water partition coefficient (Wildman–Crippen LogP) is 2.67. The molecule has 25 heavy (non-hydrogen) atoms. The van der Waals surface area contributed by atoms with Crippen LogP contribution in [0, 0.1) is 5.92 Å². The summed E-state index contributed by atoms with van der Waals surface area (Å²) in [6, 6.07) is 5.56. The molecule has 6 heteroatoms. The van der Waals surface area contributed by atoms with E-state index in [1.165, 1.54) is 12.5 Å². The van der Waals surface area contributed by atoms with Crippen LogP contribution in [0.5, 0.6) is 11.5 Å². The molecule has 0 aromatic heterocycles. The van der Waals surface area contributed by atoms with Crippen LogP contribution in [-0.2, 0) is 14.3 Å². The molecule has 1 amide bonds. The Bertz CT molecular complexity index is 670. The third kappa shape index (κ3) is 4.75. The van der Waals surface area contributed by atoms with Gasteiger partial charge in [-0.3, -0.25) is 4.79 Å². The van der Waals surface area contributed by atoms with E-state index in [9.17, 15) is 9.59 Å². The van der Waals surface area contributed by atoms with Crippen LogP contribution in [-0.4, -0.2) is 31.3 Å². The lowest BCUT2D eigenvalue weighted by molar-refractivity contribution is -0.144. The first-order chi connectivity index (χ1) is 12.1. The lowest BCUT2D eigenvalue weighted by Gasteiger charge is -2.29. The van der Waals surface area contributed by atoms with Gasteiger partial charge in [-0.1, -0.05) is 25.8 Å². The summed E-state index contributed by atoms with van der Waals surface area (Å²) in [4.78, 5) is 23.7. The zero-order chi connectivity index (χ0) is 17.6.